The average Bonchev–Trinajstić information content (AvgIpc) is 2.90. The number of unbranched alkanes of at least 4 members (excludes halogenated alkanes) is 7. The maximum atomic E-state index is 12.3. The normalized spacial score (nSPS) is 12.3. The maximum absolute atomic E-state index is 12.3. The van der Waals surface area contributed by atoms with Crippen molar-refractivity contribution < 1.29 is 38.6 Å². The number of primary amides is 1. The molecular weight excluding hydrogens is 542 g/mol. The van der Waals surface area contributed by atoms with Crippen LogP contribution in [0.1, 0.15) is 64.7 Å². The highest BCUT2D eigenvalue weighted by Gasteiger charge is 2.22. The predicted molar refractivity (Wildman–Crippen MR) is 154 cm³/mol. The van der Waals surface area contributed by atoms with Gasteiger partial charge in [0.1, 0.15) is 12.6 Å². The van der Waals surface area contributed by atoms with Gasteiger partial charge >= 0.3 is 5.97 Å². The van der Waals surface area contributed by atoms with E-state index < -0.39 is 29.7 Å². The number of aliphatic carboxylic acids is 1. The number of carbonyl (C=O) groups is 5. The van der Waals surface area contributed by atoms with E-state index >= 15 is 0 Å². The van der Waals surface area contributed by atoms with Gasteiger partial charge in [0, 0.05) is 37.7 Å². The smallest absolute Gasteiger partial charge is 0.303 e. The lowest BCUT2D eigenvalue weighted by molar-refractivity contribution is -0.137. The highest BCUT2D eigenvalue weighted by molar-refractivity contribution is 7.99. The van der Waals surface area contributed by atoms with Gasteiger partial charge in [0.15, 0.2) is 0 Å². The number of nitrogens with two attached hydrogens (primary N) is 2. The zero-order valence-electron chi connectivity index (χ0n) is 23.8. The summed E-state index contributed by atoms with van der Waals surface area (Å²) in [6.07, 6.45) is 8.30. The summed E-state index contributed by atoms with van der Waals surface area (Å²) in [5.74, 6) is -2.02. The van der Waals surface area contributed by atoms with E-state index in [0.29, 0.717) is 12.3 Å². The third-order valence-electron chi connectivity index (χ3n) is 5.72. The maximum Gasteiger partial charge on any atom is 0.303 e. The molecule has 0 heterocycles. The van der Waals surface area contributed by atoms with Crippen LogP contribution in [0.25, 0.3) is 0 Å². The first-order valence-electron chi connectivity index (χ1n) is 14.0. The molecule has 0 fully saturated rings. The summed E-state index contributed by atoms with van der Waals surface area (Å²) in [6.45, 7) is 3.14. The van der Waals surface area contributed by atoms with Crippen LogP contribution in [0.3, 0.4) is 0 Å². The van der Waals surface area contributed by atoms with E-state index in [1.54, 1.807) is 6.92 Å². The van der Waals surface area contributed by atoms with Crippen molar-refractivity contribution in [2.75, 3.05) is 57.6 Å². The summed E-state index contributed by atoms with van der Waals surface area (Å²) in [5.41, 5.74) is 10.7. The van der Waals surface area contributed by atoms with Crippen molar-refractivity contribution in [3.8, 4) is 0 Å². The van der Waals surface area contributed by atoms with Gasteiger partial charge in [-0.2, -0.15) is 11.8 Å². The molecule has 13 nitrogen and oxygen atoms in total. The van der Waals surface area contributed by atoms with Gasteiger partial charge < -0.3 is 42.0 Å². The predicted octanol–water partition coefficient (Wildman–Crippen LogP) is 0.146. The summed E-state index contributed by atoms with van der Waals surface area (Å²) >= 11 is 1.25. The molecule has 0 aliphatic heterocycles. The molecule has 40 heavy (non-hydrogen) atoms. The molecule has 0 aliphatic rings. The zero-order valence-corrected chi connectivity index (χ0v) is 24.6. The number of hydrogen-bond acceptors (Lipinski definition) is 9. The van der Waals surface area contributed by atoms with E-state index in [-0.39, 0.29) is 63.5 Å². The first-order chi connectivity index (χ1) is 19.2. The van der Waals surface area contributed by atoms with Crippen molar-refractivity contribution in [3.05, 3.63) is 0 Å². The molecule has 0 bridgehead atoms. The Labute approximate surface area is 241 Å². The molecule has 0 aromatic carbocycles. The van der Waals surface area contributed by atoms with Crippen molar-refractivity contribution >= 4 is 41.4 Å². The van der Waals surface area contributed by atoms with Gasteiger partial charge in [-0.1, -0.05) is 45.4 Å². The minimum atomic E-state index is -0.875. The van der Waals surface area contributed by atoms with E-state index in [4.69, 9.17) is 26.0 Å². The SMILES string of the molecule is C[C@@H](CSCC(N)=O)C(=O)NC(CN)C(=O)NCCOCCOCC(=O)NCCCCCCCCCCC(=O)O. The fourth-order valence-corrected chi connectivity index (χ4v) is 4.28. The number of carbonyl (C=O) groups excluding carboxylic acids is 4. The molecule has 232 valence electrons. The lowest BCUT2D eigenvalue weighted by Crippen LogP contribution is -2.52. The molecule has 0 spiro atoms. The monoisotopic (exact) mass is 591 g/mol. The van der Waals surface area contributed by atoms with Crippen molar-refractivity contribution in [1.29, 1.82) is 0 Å². The average molecular weight is 592 g/mol. The summed E-state index contributed by atoms with van der Waals surface area (Å²) < 4.78 is 10.7. The Kier molecular flexibility index (Phi) is 24.0. The quantitative estimate of drug-likeness (QED) is 0.0711. The van der Waals surface area contributed by atoms with E-state index in [1.165, 1.54) is 11.8 Å². The van der Waals surface area contributed by atoms with Gasteiger partial charge in [-0.15, -0.1) is 0 Å². The minimum Gasteiger partial charge on any atom is -0.481 e. The second-order valence-corrected chi connectivity index (χ2v) is 10.5. The van der Waals surface area contributed by atoms with E-state index in [9.17, 15) is 24.0 Å². The molecule has 4 amide bonds. The first-order valence-corrected chi connectivity index (χ1v) is 15.1. The minimum absolute atomic E-state index is 0.0478. The highest BCUT2D eigenvalue weighted by atomic mass is 32.2. The van der Waals surface area contributed by atoms with Crippen molar-refractivity contribution in [2.24, 2.45) is 17.4 Å². The highest BCUT2D eigenvalue weighted by Crippen LogP contribution is 2.10. The number of carboxylic acid groups (broad SMARTS) is 1. The van der Waals surface area contributed by atoms with Crippen LogP contribution in [0.5, 0.6) is 0 Å². The number of hydrogen-bond donors (Lipinski definition) is 6. The molecule has 8 N–H and O–H groups in total. The molecule has 0 radical (unpaired) electrons. The van der Waals surface area contributed by atoms with Gasteiger partial charge in [0.05, 0.1) is 25.6 Å². The second-order valence-electron chi connectivity index (χ2n) is 9.46. The number of thioether (sulfide) groups is 1. The van der Waals surface area contributed by atoms with Crippen LogP contribution in [-0.2, 0) is 33.4 Å². The number of rotatable bonds is 27. The Morgan fingerprint density at radius 1 is 0.825 bits per heavy atom. The Hall–Kier alpha value is -2.42. The third-order valence-corrected chi connectivity index (χ3v) is 6.94. The first kappa shape index (κ1) is 37.6. The molecule has 14 heteroatoms. The Bertz CT molecular complexity index is 744. The number of amides is 4. The molecular formula is C26H49N5O8S. The summed E-state index contributed by atoms with van der Waals surface area (Å²) in [4.78, 5) is 57.5. The van der Waals surface area contributed by atoms with Crippen LogP contribution >= 0.6 is 11.8 Å². The van der Waals surface area contributed by atoms with Crippen molar-refractivity contribution in [2.45, 2.75) is 70.8 Å². The van der Waals surface area contributed by atoms with Crippen LogP contribution in [0.15, 0.2) is 0 Å². The lowest BCUT2D eigenvalue weighted by atomic mass is 10.1. The molecule has 0 saturated heterocycles. The molecule has 0 aromatic heterocycles. The van der Waals surface area contributed by atoms with Gasteiger partial charge in [-0.05, 0) is 12.8 Å². The number of nitrogens with one attached hydrogen (secondary N) is 3. The topological polar surface area (TPSA) is 212 Å². The third kappa shape index (κ3) is 23.5. The molecule has 0 aromatic rings. The van der Waals surface area contributed by atoms with E-state index in [2.05, 4.69) is 16.0 Å². The molecule has 2 atom stereocenters. The van der Waals surface area contributed by atoms with Gasteiger partial charge in [-0.3, -0.25) is 24.0 Å². The fraction of sp³-hybridized carbons (Fsp3) is 0.808. The Morgan fingerprint density at radius 2 is 1.45 bits per heavy atom. The van der Waals surface area contributed by atoms with Crippen LogP contribution in [0.4, 0.5) is 0 Å². The van der Waals surface area contributed by atoms with Crippen LogP contribution < -0.4 is 27.4 Å². The Balaban J connectivity index is 3.66. The second kappa shape index (κ2) is 25.5. The summed E-state index contributed by atoms with van der Waals surface area (Å²) in [5, 5.41) is 16.7. The molecule has 0 aliphatic carbocycles. The summed E-state index contributed by atoms with van der Waals surface area (Å²) in [6, 6.07) is -0.875. The molecule has 0 rings (SSSR count). The Morgan fingerprint density at radius 3 is 2.08 bits per heavy atom. The molecule has 0 saturated carbocycles. The standard InChI is InChI=1S/C26H49N5O8S/c1-20(18-40-19-22(28)32)25(36)31-21(16-27)26(37)30-12-13-38-14-15-39-17-23(33)29-11-9-7-5-3-2-4-6-8-10-24(34)35/h20-21H,2-19,27H2,1H3,(H2,28,32)(H,29,33)(H,30,37)(H,31,36)(H,34,35)/t20-,21?/m0/s1. The number of ether oxygens (including phenoxy) is 2. The van der Waals surface area contributed by atoms with Gasteiger partial charge in [-0.25, -0.2) is 0 Å². The lowest BCUT2D eigenvalue weighted by Gasteiger charge is -2.19. The van der Waals surface area contributed by atoms with Crippen molar-refractivity contribution in [3.63, 3.8) is 0 Å². The molecule has 1 unspecified atom stereocenters. The zero-order chi connectivity index (χ0) is 30.0. The van der Waals surface area contributed by atoms with Crippen LogP contribution in [0.2, 0.25) is 0 Å². The van der Waals surface area contributed by atoms with Crippen LogP contribution in [0, 0.1) is 5.92 Å². The van der Waals surface area contributed by atoms with Crippen molar-refractivity contribution in [1.82, 2.24) is 16.0 Å². The largest absolute Gasteiger partial charge is 0.481 e. The van der Waals surface area contributed by atoms with Gasteiger partial charge in [0.25, 0.3) is 0 Å². The van der Waals surface area contributed by atoms with Crippen LogP contribution in [-0.4, -0.2) is 98.3 Å². The van der Waals surface area contributed by atoms with E-state index in [0.717, 1.165) is 51.4 Å². The van der Waals surface area contributed by atoms with E-state index in [1.807, 2.05) is 0 Å². The van der Waals surface area contributed by atoms with Gasteiger partial charge in [0.2, 0.25) is 23.6 Å². The number of carboxylic acids is 1. The summed E-state index contributed by atoms with van der Waals surface area (Å²) in [7, 11) is 0. The fourth-order valence-electron chi connectivity index (χ4n) is 3.45.